The highest BCUT2D eigenvalue weighted by Crippen LogP contribution is 2.14. The third-order valence-electron chi connectivity index (χ3n) is 1.68. The summed E-state index contributed by atoms with van der Waals surface area (Å²) in [6.07, 6.45) is 4.73. The number of aliphatic hydroxyl groups excluding tert-OH is 2. The topological polar surface area (TPSA) is 77.8 Å². The lowest BCUT2D eigenvalue weighted by Crippen LogP contribution is -2.27. The van der Waals surface area contributed by atoms with Gasteiger partial charge in [-0.05, 0) is 11.6 Å². The molecule has 0 aromatic heterocycles. The lowest BCUT2D eigenvalue weighted by Gasteiger charge is -2.18. The molecule has 2 atom stereocenters. The van der Waals surface area contributed by atoms with Crippen LogP contribution in [0.2, 0.25) is 0 Å². The molecule has 1 rings (SSSR count). The second-order valence-electron chi connectivity index (χ2n) is 2.66. The average Bonchev–Trinajstić information content (AvgIpc) is 2.07. The maximum Gasteiger partial charge on any atom is 0.328 e. The zero-order valence-corrected chi connectivity index (χ0v) is 6.79. The van der Waals surface area contributed by atoms with Crippen molar-refractivity contribution < 1.29 is 20.1 Å². The molecule has 1 aliphatic carbocycles. The minimum atomic E-state index is -1.09. The largest absolute Gasteiger partial charge is 0.478 e. The molecule has 4 nitrogen and oxygen atoms in total. The van der Waals surface area contributed by atoms with Gasteiger partial charge in [0, 0.05) is 6.08 Å². The van der Waals surface area contributed by atoms with Crippen LogP contribution in [-0.2, 0) is 4.79 Å². The molecule has 0 bridgehead atoms. The van der Waals surface area contributed by atoms with Gasteiger partial charge < -0.3 is 15.3 Å². The van der Waals surface area contributed by atoms with E-state index in [0.29, 0.717) is 5.57 Å². The molecule has 13 heavy (non-hydrogen) atoms. The first-order chi connectivity index (χ1) is 6.11. The normalized spacial score (nSPS) is 27.7. The number of rotatable bonds is 2. The Hall–Kier alpha value is -1.39. The number of allylic oxidation sites excluding steroid dienone is 2. The van der Waals surface area contributed by atoms with Crippen molar-refractivity contribution in [1.82, 2.24) is 0 Å². The van der Waals surface area contributed by atoms with Crippen LogP contribution in [0, 0.1) is 0 Å². The highest BCUT2D eigenvalue weighted by Gasteiger charge is 2.18. The van der Waals surface area contributed by atoms with Crippen molar-refractivity contribution in [2.24, 2.45) is 0 Å². The summed E-state index contributed by atoms with van der Waals surface area (Å²) < 4.78 is 0. The van der Waals surface area contributed by atoms with Crippen molar-refractivity contribution in [1.29, 1.82) is 0 Å². The van der Waals surface area contributed by atoms with E-state index in [1.54, 1.807) is 12.2 Å². The Morgan fingerprint density at radius 2 is 2.15 bits per heavy atom. The lowest BCUT2D eigenvalue weighted by molar-refractivity contribution is -0.131. The van der Waals surface area contributed by atoms with E-state index in [1.807, 2.05) is 0 Å². The first-order valence-electron chi connectivity index (χ1n) is 3.77. The minimum Gasteiger partial charge on any atom is -0.478 e. The predicted octanol–water partition coefficient (Wildman–Crippen LogP) is -0.155. The summed E-state index contributed by atoms with van der Waals surface area (Å²) in [5, 5.41) is 26.8. The lowest BCUT2D eigenvalue weighted by atomic mass is 9.99. The molecule has 1 aliphatic rings. The van der Waals surface area contributed by atoms with Crippen molar-refractivity contribution in [3.63, 3.8) is 0 Å². The van der Waals surface area contributed by atoms with Gasteiger partial charge in [-0.25, -0.2) is 4.79 Å². The van der Waals surface area contributed by atoms with Crippen LogP contribution < -0.4 is 0 Å². The Labute approximate surface area is 75.1 Å². The van der Waals surface area contributed by atoms with Gasteiger partial charge in [0.25, 0.3) is 0 Å². The van der Waals surface area contributed by atoms with Gasteiger partial charge in [-0.15, -0.1) is 0 Å². The van der Waals surface area contributed by atoms with E-state index in [0.717, 1.165) is 6.08 Å². The number of aliphatic carboxylic acids is 1. The number of carboxylic acid groups (broad SMARTS) is 1. The summed E-state index contributed by atoms with van der Waals surface area (Å²) in [6.45, 7) is 0. The summed E-state index contributed by atoms with van der Waals surface area (Å²) in [4.78, 5) is 10.2. The molecule has 3 N–H and O–H groups in total. The molecule has 0 aliphatic heterocycles. The quantitative estimate of drug-likeness (QED) is 0.519. The van der Waals surface area contributed by atoms with E-state index in [4.69, 9.17) is 10.2 Å². The molecule has 0 heterocycles. The number of hydrogen-bond acceptors (Lipinski definition) is 3. The fourth-order valence-corrected chi connectivity index (χ4v) is 1.00. The number of carbonyl (C=O) groups is 1. The van der Waals surface area contributed by atoms with Crippen molar-refractivity contribution in [2.45, 2.75) is 12.2 Å². The van der Waals surface area contributed by atoms with Crippen molar-refractivity contribution in [3.8, 4) is 0 Å². The fraction of sp³-hybridized carbons (Fsp3) is 0.222. The SMILES string of the molecule is O=C(O)/C=C/C1=CC=C[C@H](O)[C@@H]1O. The molecular formula is C9H10O4. The van der Waals surface area contributed by atoms with Gasteiger partial charge >= 0.3 is 5.97 Å². The standard InChI is InChI=1S/C9H10O4/c10-7-3-1-2-6(9(7)13)4-5-8(11)12/h1-5,7,9-10,13H,(H,11,12)/b5-4+/t7-,9+/m0/s1. The molecule has 0 spiro atoms. The van der Waals surface area contributed by atoms with Crippen LogP contribution in [0.5, 0.6) is 0 Å². The fourth-order valence-electron chi connectivity index (χ4n) is 1.00. The van der Waals surface area contributed by atoms with E-state index in [-0.39, 0.29) is 0 Å². The van der Waals surface area contributed by atoms with E-state index in [2.05, 4.69) is 0 Å². The van der Waals surface area contributed by atoms with Crippen LogP contribution in [-0.4, -0.2) is 33.5 Å². The molecule has 0 saturated heterocycles. The molecule has 70 valence electrons. The Balaban J connectivity index is 2.74. The monoisotopic (exact) mass is 182 g/mol. The van der Waals surface area contributed by atoms with Crippen molar-refractivity contribution >= 4 is 5.97 Å². The van der Waals surface area contributed by atoms with Crippen LogP contribution >= 0.6 is 0 Å². The van der Waals surface area contributed by atoms with Crippen LogP contribution in [0.4, 0.5) is 0 Å². The molecule has 0 aromatic carbocycles. The summed E-state index contributed by atoms with van der Waals surface area (Å²) >= 11 is 0. The number of hydrogen-bond donors (Lipinski definition) is 3. The first kappa shape index (κ1) is 9.70. The summed E-state index contributed by atoms with van der Waals surface area (Å²) in [6, 6.07) is 0. The minimum absolute atomic E-state index is 0.386. The molecule has 0 fully saturated rings. The maximum atomic E-state index is 10.2. The number of carboxylic acids is 1. The van der Waals surface area contributed by atoms with Gasteiger partial charge in [0.05, 0.1) is 0 Å². The van der Waals surface area contributed by atoms with Crippen LogP contribution in [0.25, 0.3) is 0 Å². The molecule has 0 unspecified atom stereocenters. The summed E-state index contributed by atoms with van der Waals surface area (Å²) in [5.41, 5.74) is 0.386. The van der Waals surface area contributed by atoms with E-state index in [9.17, 15) is 9.90 Å². The van der Waals surface area contributed by atoms with Gasteiger partial charge in [0.1, 0.15) is 12.2 Å². The van der Waals surface area contributed by atoms with Crippen molar-refractivity contribution in [2.75, 3.05) is 0 Å². The maximum absolute atomic E-state index is 10.2. The molecule has 0 aromatic rings. The molecular weight excluding hydrogens is 172 g/mol. The Morgan fingerprint density at radius 3 is 2.77 bits per heavy atom. The molecule has 0 radical (unpaired) electrons. The average molecular weight is 182 g/mol. The van der Waals surface area contributed by atoms with Crippen LogP contribution in [0.15, 0.2) is 36.0 Å². The Morgan fingerprint density at radius 1 is 1.46 bits per heavy atom. The predicted molar refractivity (Wildman–Crippen MR) is 46.0 cm³/mol. The van der Waals surface area contributed by atoms with Gasteiger partial charge in [-0.2, -0.15) is 0 Å². The van der Waals surface area contributed by atoms with E-state index in [1.165, 1.54) is 12.2 Å². The highest BCUT2D eigenvalue weighted by molar-refractivity contribution is 5.80. The number of aliphatic hydroxyl groups is 2. The van der Waals surface area contributed by atoms with Gasteiger partial charge in [-0.3, -0.25) is 0 Å². The van der Waals surface area contributed by atoms with Crippen molar-refractivity contribution in [3.05, 3.63) is 36.0 Å². The zero-order chi connectivity index (χ0) is 9.84. The smallest absolute Gasteiger partial charge is 0.328 e. The third kappa shape index (κ3) is 2.54. The Bertz CT molecular complexity index is 288. The highest BCUT2D eigenvalue weighted by atomic mass is 16.4. The van der Waals surface area contributed by atoms with Gasteiger partial charge in [0.2, 0.25) is 0 Å². The van der Waals surface area contributed by atoms with E-state index < -0.39 is 18.2 Å². The third-order valence-corrected chi connectivity index (χ3v) is 1.68. The van der Waals surface area contributed by atoms with Gasteiger partial charge in [-0.1, -0.05) is 18.2 Å². The summed E-state index contributed by atoms with van der Waals surface area (Å²) in [5.74, 6) is -1.09. The van der Waals surface area contributed by atoms with E-state index >= 15 is 0 Å². The van der Waals surface area contributed by atoms with Gasteiger partial charge in [0.15, 0.2) is 0 Å². The summed E-state index contributed by atoms with van der Waals surface area (Å²) in [7, 11) is 0. The second kappa shape index (κ2) is 4.02. The Kier molecular flexibility index (Phi) is 3.00. The first-order valence-corrected chi connectivity index (χ1v) is 3.77. The molecule has 0 amide bonds. The molecule has 0 saturated carbocycles. The second-order valence-corrected chi connectivity index (χ2v) is 2.66. The van der Waals surface area contributed by atoms with Crippen LogP contribution in [0.1, 0.15) is 0 Å². The molecule has 4 heteroatoms. The van der Waals surface area contributed by atoms with Crippen LogP contribution in [0.3, 0.4) is 0 Å². The zero-order valence-electron chi connectivity index (χ0n) is 6.79.